The molecule has 0 aliphatic heterocycles. The van der Waals surface area contributed by atoms with Crippen LogP contribution in [-0.2, 0) is 4.79 Å². The van der Waals surface area contributed by atoms with Gasteiger partial charge in [0.25, 0.3) is 0 Å². The van der Waals surface area contributed by atoms with Gasteiger partial charge >= 0.3 is 0 Å². The highest BCUT2D eigenvalue weighted by molar-refractivity contribution is 5.76. The molecular formula is C17H34N2O. The monoisotopic (exact) mass is 282 g/mol. The lowest BCUT2D eigenvalue weighted by Crippen LogP contribution is -2.39. The zero-order valence-electron chi connectivity index (χ0n) is 13.7. The summed E-state index contributed by atoms with van der Waals surface area (Å²) in [5.41, 5.74) is 5.64. The van der Waals surface area contributed by atoms with Crippen molar-refractivity contribution in [2.75, 3.05) is 6.54 Å². The molecule has 3 heteroatoms. The Morgan fingerprint density at radius 2 is 1.95 bits per heavy atom. The van der Waals surface area contributed by atoms with Crippen LogP contribution in [0.5, 0.6) is 0 Å². The summed E-state index contributed by atoms with van der Waals surface area (Å²) in [5.74, 6) is 2.41. The number of amides is 1. The zero-order chi connectivity index (χ0) is 15.0. The van der Waals surface area contributed by atoms with E-state index < -0.39 is 0 Å². The standard InChI is InChI=1S/C17H34N2O/c1-4-5-15(10-11-18)7-9-17(20)19-16-8-6-13(2)14(3)12-16/h13-16H,4-12,18H2,1-3H3,(H,19,20). The van der Waals surface area contributed by atoms with Gasteiger partial charge in [-0.15, -0.1) is 0 Å². The summed E-state index contributed by atoms with van der Waals surface area (Å²) >= 11 is 0. The maximum absolute atomic E-state index is 12.1. The Morgan fingerprint density at radius 3 is 2.55 bits per heavy atom. The summed E-state index contributed by atoms with van der Waals surface area (Å²) in [6, 6.07) is 0.410. The van der Waals surface area contributed by atoms with Gasteiger partial charge in [-0.1, -0.05) is 33.6 Å². The lowest BCUT2D eigenvalue weighted by atomic mass is 9.79. The zero-order valence-corrected chi connectivity index (χ0v) is 13.7. The second kappa shape index (κ2) is 9.38. The molecule has 1 aliphatic carbocycles. The molecule has 3 N–H and O–H groups in total. The van der Waals surface area contributed by atoms with Gasteiger partial charge in [0.2, 0.25) is 5.91 Å². The fourth-order valence-electron chi connectivity index (χ4n) is 3.39. The number of carbonyl (C=O) groups excluding carboxylic acids is 1. The summed E-state index contributed by atoms with van der Waals surface area (Å²) in [4.78, 5) is 12.1. The molecule has 1 aliphatic rings. The first-order valence-electron chi connectivity index (χ1n) is 8.56. The van der Waals surface area contributed by atoms with Crippen molar-refractivity contribution < 1.29 is 4.79 Å². The van der Waals surface area contributed by atoms with Crippen LogP contribution in [0.4, 0.5) is 0 Å². The van der Waals surface area contributed by atoms with Crippen LogP contribution in [0.3, 0.4) is 0 Å². The molecule has 1 fully saturated rings. The van der Waals surface area contributed by atoms with Gasteiger partial charge in [0.15, 0.2) is 0 Å². The lowest BCUT2D eigenvalue weighted by molar-refractivity contribution is -0.122. The Hall–Kier alpha value is -0.570. The third-order valence-electron chi connectivity index (χ3n) is 5.01. The van der Waals surface area contributed by atoms with E-state index >= 15 is 0 Å². The van der Waals surface area contributed by atoms with Crippen LogP contribution in [0.1, 0.15) is 72.1 Å². The van der Waals surface area contributed by atoms with Gasteiger partial charge < -0.3 is 11.1 Å². The third kappa shape index (κ3) is 6.25. The summed E-state index contributed by atoms with van der Waals surface area (Å²) < 4.78 is 0. The highest BCUT2D eigenvalue weighted by Gasteiger charge is 2.25. The molecule has 0 heterocycles. The van der Waals surface area contributed by atoms with E-state index in [9.17, 15) is 4.79 Å². The van der Waals surface area contributed by atoms with Crippen molar-refractivity contribution >= 4 is 5.91 Å². The molecule has 0 radical (unpaired) electrons. The molecule has 3 nitrogen and oxygen atoms in total. The van der Waals surface area contributed by atoms with Crippen LogP contribution >= 0.6 is 0 Å². The van der Waals surface area contributed by atoms with Crippen LogP contribution in [0.15, 0.2) is 0 Å². The van der Waals surface area contributed by atoms with E-state index in [-0.39, 0.29) is 5.91 Å². The number of rotatable bonds is 8. The van der Waals surface area contributed by atoms with Gasteiger partial charge in [-0.25, -0.2) is 0 Å². The van der Waals surface area contributed by atoms with E-state index in [1.165, 1.54) is 19.3 Å². The quantitative estimate of drug-likeness (QED) is 0.716. The highest BCUT2D eigenvalue weighted by atomic mass is 16.1. The topological polar surface area (TPSA) is 55.1 Å². The predicted octanol–water partition coefficient (Wildman–Crippen LogP) is 3.47. The van der Waals surface area contributed by atoms with Crippen molar-refractivity contribution in [3.05, 3.63) is 0 Å². The molecule has 0 saturated heterocycles. The Bertz CT molecular complexity index is 274. The van der Waals surface area contributed by atoms with Crippen LogP contribution in [-0.4, -0.2) is 18.5 Å². The third-order valence-corrected chi connectivity index (χ3v) is 5.01. The van der Waals surface area contributed by atoms with E-state index in [4.69, 9.17) is 5.73 Å². The summed E-state index contributed by atoms with van der Waals surface area (Å²) in [6.45, 7) is 7.57. The molecule has 1 saturated carbocycles. The second-order valence-corrected chi connectivity index (χ2v) is 6.80. The lowest BCUT2D eigenvalue weighted by Gasteiger charge is -2.32. The summed E-state index contributed by atoms with van der Waals surface area (Å²) in [6.07, 6.45) is 8.65. The van der Waals surface area contributed by atoms with Gasteiger partial charge in [-0.2, -0.15) is 0 Å². The highest BCUT2D eigenvalue weighted by Crippen LogP contribution is 2.29. The first-order valence-corrected chi connectivity index (χ1v) is 8.56. The normalized spacial score (nSPS) is 28.1. The Morgan fingerprint density at radius 1 is 1.20 bits per heavy atom. The molecule has 118 valence electrons. The van der Waals surface area contributed by atoms with Crippen molar-refractivity contribution in [1.82, 2.24) is 5.32 Å². The van der Waals surface area contributed by atoms with Gasteiger partial charge in [-0.05, 0) is 56.4 Å². The number of nitrogens with two attached hydrogens (primary N) is 1. The number of carbonyl (C=O) groups is 1. The predicted molar refractivity (Wildman–Crippen MR) is 85.4 cm³/mol. The van der Waals surface area contributed by atoms with E-state index in [2.05, 4.69) is 26.1 Å². The van der Waals surface area contributed by atoms with Crippen molar-refractivity contribution in [1.29, 1.82) is 0 Å². The maximum Gasteiger partial charge on any atom is 0.220 e. The molecule has 0 bridgehead atoms. The first-order chi connectivity index (χ1) is 9.56. The van der Waals surface area contributed by atoms with E-state index in [1.54, 1.807) is 0 Å². The van der Waals surface area contributed by atoms with Crippen molar-refractivity contribution in [3.8, 4) is 0 Å². The van der Waals surface area contributed by atoms with Crippen LogP contribution in [0, 0.1) is 17.8 Å². The molecule has 0 aromatic carbocycles. The molecular weight excluding hydrogens is 248 g/mol. The molecule has 0 aromatic heterocycles. The van der Waals surface area contributed by atoms with Crippen LogP contribution in [0.25, 0.3) is 0 Å². The van der Waals surface area contributed by atoms with Gasteiger partial charge in [0.1, 0.15) is 0 Å². The Labute approximate surface area is 125 Å². The van der Waals surface area contributed by atoms with E-state index in [0.717, 1.165) is 44.1 Å². The second-order valence-electron chi connectivity index (χ2n) is 6.80. The van der Waals surface area contributed by atoms with Gasteiger partial charge in [0, 0.05) is 12.5 Å². The fraction of sp³-hybridized carbons (Fsp3) is 0.941. The Kier molecular flexibility index (Phi) is 8.20. The minimum atomic E-state index is 0.245. The SMILES string of the molecule is CCCC(CCN)CCC(=O)NC1CCC(C)C(C)C1. The molecule has 1 rings (SSSR count). The Balaban J connectivity index is 2.25. The molecule has 1 amide bonds. The first kappa shape index (κ1) is 17.5. The number of hydrogen-bond acceptors (Lipinski definition) is 2. The largest absolute Gasteiger partial charge is 0.353 e. The molecule has 4 unspecified atom stereocenters. The van der Waals surface area contributed by atoms with Gasteiger partial charge in [0.05, 0.1) is 0 Å². The smallest absolute Gasteiger partial charge is 0.220 e. The van der Waals surface area contributed by atoms with Crippen LogP contribution < -0.4 is 11.1 Å². The van der Waals surface area contributed by atoms with E-state index in [1.807, 2.05) is 0 Å². The average molecular weight is 282 g/mol. The van der Waals surface area contributed by atoms with Gasteiger partial charge in [-0.3, -0.25) is 4.79 Å². The van der Waals surface area contributed by atoms with Crippen molar-refractivity contribution in [3.63, 3.8) is 0 Å². The minimum absolute atomic E-state index is 0.245. The number of nitrogens with one attached hydrogen (secondary N) is 1. The molecule has 0 spiro atoms. The molecule has 4 atom stereocenters. The summed E-state index contributed by atoms with van der Waals surface area (Å²) in [5, 5.41) is 3.24. The van der Waals surface area contributed by atoms with Crippen molar-refractivity contribution in [2.45, 2.75) is 78.2 Å². The maximum atomic E-state index is 12.1. The number of hydrogen-bond donors (Lipinski definition) is 2. The minimum Gasteiger partial charge on any atom is -0.353 e. The summed E-state index contributed by atoms with van der Waals surface area (Å²) in [7, 11) is 0. The molecule has 20 heavy (non-hydrogen) atoms. The molecule has 0 aromatic rings. The average Bonchev–Trinajstić information content (AvgIpc) is 2.41. The van der Waals surface area contributed by atoms with Crippen LogP contribution in [0.2, 0.25) is 0 Å². The van der Waals surface area contributed by atoms with E-state index in [0.29, 0.717) is 18.4 Å². The fourth-order valence-corrected chi connectivity index (χ4v) is 3.39. The van der Waals surface area contributed by atoms with Crippen molar-refractivity contribution in [2.24, 2.45) is 23.5 Å².